The minimum absolute atomic E-state index is 0.0536. The molecule has 0 aliphatic carbocycles. The molecule has 3 aromatic rings. The van der Waals surface area contributed by atoms with Crippen LogP contribution >= 0.6 is 0 Å². The third-order valence-corrected chi connectivity index (χ3v) is 6.06. The third-order valence-electron chi connectivity index (χ3n) is 6.06. The summed E-state index contributed by atoms with van der Waals surface area (Å²) >= 11 is 0. The largest absolute Gasteiger partial charge is 0.466 e. The minimum Gasteiger partial charge on any atom is -0.466 e. The molecule has 0 fully saturated rings. The summed E-state index contributed by atoms with van der Waals surface area (Å²) < 4.78 is 24.0. The minimum atomic E-state index is -0.469. The number of fused-ring (bicyclic) bond motifs is 1. The number of halogens is 1. The monoisotopic (exact) mass is 524 g/mol. The standard InChI is InChI=1S/C29H33FN2O6/c1-3-5-16-31(26(33)14-15-28(35)37-4-2)19-27(34)32(17-21-10-12-23(30)13-11-21)18-22-20-38-25-9-7-6-8-24(25)29(22)36/h6-13,20H,3-5,14-19H2,1-2H3. The predicted molar refractivity (Wildman–Crippen MR) is 140 cm³/mol. The quantitative estimate of drug-likeness (QED) is 0.307. The van der Waals surface area contributed by atoms with Gasteiger partial charge in [-0.2, -0.15) is 0 Å². The van der Waals surface area contributed by atoms with Crippen molar-refractivity contribution in [1.82, 2.24) is 9.80 Å². The van der Waals surface area contributed by atoms with Crippen molar-refractivity contribution in [3.8, 4) is 0 Å². The van der Waals surface area contributed by atoms with E-state index in [4.69, 9.17) is 9.15 Å². The zero-order valence-electron chi connectivity index (χ0n) is 21.8. The van der Waals surface area contributed by atoms with Crippen molar-refractivity contribution in [2.75, 3.05) is 19.7 Å². The van der Waals surface area contributed by atoms with Gasteiger partial charge >= 0.3 is 5.97 Å². The number of amides is 2. The SMILES string of the molecule is CCCCN(CC(=O)N(Cc1ccc(F)cc1)Cc1coc2ccccc2c1=O)C(=O)CCC(=O)OCC. The number of carbonyl (C=O) groups excluding carboxylic acids is 3. The summed E-state index contributed by atoms with van der Waals surface area (Å²) in [5, 5.41) is 0.401. The van der Waals surface area contributed by atoms with E-state index < -0.39 is 11.8 Å². The molecule has 2 amide bonds. The van der Waals surface area contributed by atoms with E-state index in [1.165, 1.54) is 28.2 Å². The van der Waals surface area contributed by atoms with Crippen molar-refractivity contribution in [3.05, 3.63) is 82.0 Å². The summed E-state index contributed by atoms with van der Waals surface area (Å²) in [6.07, 6.45) is 2.70. The van der Waals surface area contributed by atoms with Crippen LogP contribution in [0.2, 0.25) is 0 Å². The lowest BCUT2D eigenvalue weighted by atomic mass is 10.1. The van der Waals surface area contributed by atoms with Gasteiger partial charge in [-0.1, -0.05) is 37.6 Å². The molecule has 0 atom stereocenters. The summed E-state index contributed by atoms with van der Waals surface area (Å²) in [5.41, 5.74) is 1.14. The highest BCUT2D eigenvalue weighted by Crippen LogP contribution is 2.15. The molecule has 0 unspecified atom stereocenters. The molecule has 0 radical (unpaired) electrons. The third kappa shape index (κ3) is 7.99. The van der Waals surface area contributed by atoms with Crippen molar-refractivity contribution in [3.63, 3.8) is 0 Å². The fourth-order valence-corrected chi connectivity index (χ4v) is 3.98. The van der Waals surface area contributed by atoms with Crippen molar-refractivity contribution >= 4 is 28.8 Å². The Hall–Kier alpha value is -4.01. The van der Waals surface area contributed by atoms with Gasteiger partial charge in [0.05, 0.1) is 43.3 Å². The van der Waals surface area contributed by atoms with Gasteiger partial charge in [-0.05, 0) is 43.2 Å². The Balaban J connectivity index is 1.84. The Morgan fingerprint density at radius 3 is 2.37 bits per heavy atom. The molecule has 1 heterocycles. The van der Waals surface area contributed by atoms with Crippen LogP contribution in [0.15, 0.2) is 64.0 Å². The van der Waals surface area contributed by atoms with E-state index in [0.29, 0.717) is 29.5 Å². The summed E-state index contributed by atoms with van der Waals surface area (Å²) in [6, 6.07) is 12.6. The normalized spacial score (nSPS) is 10.8. The molecule has 8 nitrogen and oxygen atoms in total. The molecule has 3 rings (SSSR count). The van der Waals surface area contributed by atoms with Crippen LogP contribution in [0.3, 0.4) is 0 Å². The highest BCUT2D eigenvalue weighted by Gasteiger charge is 2.23. The molecule has 0 aliphatic heterocycles. The van der Waals surface area contributed by atoms with E-state index in [1.54, 1.807) is 43.3 Å². The average molecular weight is 525 g/mol. The van der Waals surface area contributed by atoms with Crippen LogP contribution in [0.1, 0.15) is 50.7 Å². The van der Waals surface area contributed by atoms with Gasteiger partial charge in [-0.25, -0.2) is 4.39 Å². The molecule has 38 heavy (non-hydrogen) atoms. The first-order chi connectivity index (χ1) is 18.3. The van der Waals surface area contributed by atoms with Gasteiger partial charge in [0, 0.05) is 19.5 Å². The van der Waals surface area contributed by atoms with Crippen LogP contribution in [0.5, 0.6) is 0 Å². The Morgan fingerprint density at radius 1 is 0.921 bits per heavy atom. The van der Waals surface area contributed by atoms with Crippen molar-refractivity contribution in [1.29, 1.82) is 0 Å². The van der Waals surface area contributed by atoms with Gasteiger partial charge in [0.1, 0.15) is 11.4 Å². The number of unbranched alkanes of at least 4 members (excludes halogenated alkanes) is 1. The summed E-state index contributed by atoms with van der Waals surface area (Å²) in [5.74, 6) is -1.59. The topological polar surface area (TPSA) is 97.1 Å². The van der Waals surface area contributed by atoms with Gasteiger partial charge in [0.15, 0.2) is 5.43 Å². The molecular weight excluding hydrogens is 491 g/mol. The first kappa shape index (κ1) is 28.6. The van der Waals surface area contributed by atoms with Crippen LogP contribution in [0, 0.1) is 5.82 Å². The van der Waals surface area contributed by atoms with Crippen LogP contribution in [-0.2, 0) is 32.2 Å². The highest BCUT2D eigenvalue weighted by atomic mass is 19.1. The lowest BCUT2D eigenvalue weighted by Gasteiger charge is -2.28. The van der Waals surface area contributed by atoms with Gasteiger partial charge in [-0.3, -0.25) is 19.2 Å². The average Bonchev–Trinajstić information content (AvgIpc) is 2.92. The predicted octanol–water partition coefficient (Wildman–Crippen LogP) is 4.43. The number of hydrogen-bond donors (Lipinski definition) is 0. The first-order valence-electron chi connectivity index (χ1n) is 12.8. The second-order valence-corrected chi connectivity index (χ2v) is 8.94. The number of ether oxygens (including phenoxy) is 1. The Kier molecular flexibility index (Phi) is 10.6. The highest BCUT2D eigenvalue weighted by molar-refractivity contribution is 5.86. The van der Waals surface area contributed by atoms with Gasteiger partial charge < -0.3 is 19.0 Å². The number of rotatable bonds is 13. The number of benzene rings is 2. The molecule has 0 spiro atoms. The molecule has 9 heteroatoms. The first-order valence-corrected chi connectivity index (χ1v) is 12.8. The fraction of sp³-hybridized carbons (Fsp3) is 0.379. The summed E-state index contributed by atoms with van der Waals surface area (Å²) in [7, 11) is 0. The number of nitrogens with zero attached hydrogens (tertiary/aromatic N) is 2. The van der Waals surface area contributed by atoms with E-state index in [-0.39, 0.29) is 61.9 Å². The number of esters is 1. The van der Waals surface area contributed by atoms with Crippen molar-refractivity contribution in [2.45, 2.75) is 52.6 Å². The van der Waals surface area contributed by atoms with Crippen LogP contribution in [0.25, 0.3) is 11.0 Å². The van der Waals surface area contributed by atoms with Gasteiger partial charge in [-0.15, -0.1) is 0 Å². The fourth-order valence-electron chi connectivity index (χ4n) is 3.98. The molecule has 0 N–H and O–H groups in total. The molecule has 0 aliphatic rings. The van der Waals surface area contributed by atoms with E-state index in [2.05, 4.69) is 0 Å². The van der Waals surface area contributed by atoms with E-state index in [9.17, 15) is 23.6 Å². The molecule has 1 aromatic heterocycles. The van der Waals surface area contributed by atoms with Crippen LogP contribution in [0.4, 0.5) is 4.39 Å². The molecular formula is C29H33FN2O6. The molecule has 0 saturated carbocycles. The number of hydrogen-bond acceptors (Lipinski definition) is 6. The second-order valence-electron chi connectivity index (χ2n) is 8.94. The maximum Gasteiger partial charge on any atom is 0.306 e. The molecule has 0 bridgehead atoms. The lowest BCUT2D eigenvalue weighted by Crippen LogP contribution is -2.43. The lowest BCUT2D eigenvalue weighted by molar-refractivity contribution is -0.146. The van der Waals surface area contributed by atoms with Crippen molar-refractivity contribution in [2.24, 2.45) is 0 Å². The number of carbonyl (C=O) groups is 3. The Labute approximate surface area is 221 Å². The number of para-hydroxylation sites is 1. The zero-order chi connectivity index (χ0) is 27.5. The van der Waals surface area contributed by atoms with Gasteiger partial charge in [0.25, 0.3) is 0 Å². The zero-order valence-corrected chi connectivity index (χ0v) is 21.8. The molecule has 0 saturated heterocycles. The van der Waals surface area contributed by atoms with Crippen LogP contribution in [-0.4, -0.2) is 47.3 Å². The Morgan fingerprint density at radius 2 is 1.66 bits per heavy atom. The van der Waals surface area contributed by atoms with Gasteiger partial charge in [0.2, 0.25) is 11.8 Å². The molecule has 2 aromatic carbocycles. The van der Waals surface area contributed by atoms with E-state index >= 15 is 0 Å². The van der Waals surface area contributed by atoms with Crippen LogP contribution < -0.4 is 5.43 Å². The second kappa shape index (κ2) is 14.1. The van der Waals surface area contributed by atoms with E-state index in [1.807, 2.05) is 6.92 Å². The maximum atomic E-state index is 13.5. The maximum absolute atomic E-state index is 13.5. The summed E-state index contributed by atoms with van der Waals surface area (Å²) in [4.78, 5) is 54.2. The Bertz CT molecular complexity index is 1300. The summed E-state index contributed by atoms with van der Waals surface area (Å²) in [6.45, 7) is 4.08. The van der Waals surface area contributed by atoms with E-state index in [0.717, 1.165) is 6.42 Å². The molecule has 202 valence electrons. The smallest absolute Gasteiger partial charge is 0.306 e. The van der Waals surface area contributed by atoms with Crippen molar-refractivity contribution < 1.29 is 27.9 Å².